The zero-order chi connectivity index (χ0) is 13.1. The van der Waals surface area contributed by atoms with Crippen LogP contribution in [-0.4, -0.2) is 31.1 Å². The van der Waals surface area contributed by atoms with Crippen molar-refractivity contribution < 1.29 is 0 Å². The van der Waals surface area contributed by atoms with E-state index in [0.29, 0.717) is 6.04 Å². The highest BCUT2D eigenvalue weighted by molar-refractivity contribution is 7.10. The quantitative estimate of drug-likeness (QED) is 0.924. The molecule has 1 N–H and O–H groups in total. The molecule has 0 spiro atoms. The van der Waals surface area contributed by atoms with Gasteiger partial charge in [0.2, 0.25) is 0 Å². The van der Waals surface area contributed by atoms with Gasteiger partial charge in [0.05, 0.1) is 6.04 Å². The highest BCUT2D eigenvalue weighted by Gasteiger charge is 2.24. The molecule has 1 saturated heterocycles. The molecule has 2 aromatic rings. The minimum Gasteiger partial charge on any atom is -0.314 e. The number of hydrogen-bond donors (Lipinski definition) is 1. The van der Waals surface area contributed by atoms with Crippen LogP contribution in [0.1, 0.15) is 22.0 Å². The van der Waals surface area contributed by atoms with Gasteiger partial charge in [0.25, 0.3) is 0 Å². The van der Waals surface area contributed by atoms with Crippen molar-refractivity contribution in [2.45, 2.75) is 13.0 Å². The number of rotatable bonds is 3. The first-order chi connectivity index (χ1) is 9.34. The van der Waals surface area contributed by atoms with Crippen molar-refractivity contribution >= 4 is 11.3 Å². The van der Waals surface area contributed by atoms with Crippen LogP contribution >= 0.6 is 11.3 Å². The zero-order valence-electron chi connectivity index (χ0n) is 11.3. The van der Waals surface area contributed by atoms with Gasteiger partial charge in [-0.15, -0.1) is 11.3 Å². The molecule has 2 nitrogen and oxygen atoms in total. The van der Waals surface area contributed by atoms with Crippen LogP contribution in [0.5, 0.6) is 0 Å². The molecule has 1 aliphatic rings. The maximum Gasteiger partial charge on any atom is 0.0697 e. The fourth-order valence-corrected chi connectivity index (χ4v) is 3.67. The van der Waals surface area contributed by atoms with Crippen LogP contribution in [-0.2, 0) is 0 Å². The van der Waals surface area contributed by atoms with Gasteiger partial charge in [-0.25, -0.2) is 0 Å². The zero-order valence-corrected chi connectivity index (χ0v) is 12.1. The van der Waals surface area contributed by atoms with Crippen LogP contribution in [0.3, 0.4) is 0 Å². The van der Waals surface area contributed by atoms with E-state index < -0.39 is 0 Å². The number of hydrogen-bond acceptors (Lipinski definition) is 3. The third-order valence-corrected chi connectivity index (χ3v) is 4.61. The van der Waals surface area contributed by atoms with E-state index in [-0.39, 0.29) is 0 Å². The van der Waals surface area contributed by atoms with Gasteiger partial charge in [0.15, 0.2) is 0 Å². The fourth-order valence-electron chi connectivity index (χ4n) is 2.78. The Morgan fingerprint density at radius 1 is 1.16 bits per heavy atom. The maximum atomic E-state index is 3.44. The Bertz CT molecular complexity index is 515. The van der Waals surface area contributed by atoms with Gasteiger partial charge in [0, 0.05) is 31.1 Å². The standard InChI is InChI=1S/C16H20N2S/c1-13-4-2-5-14(12-13)16(15-6-3-11-19-15)18-9-7-17-8-10-18/h2-6,11-12,16-17H,7-10H2,1H3/t16-/m1/s1. The minimum absolute atomic E-state index is 0.419. The number of thiophene rings is 1. The SMILES string of the molecule is Cc1cccc([C@H](c2cccs2)N2CCNCC2)c1. The number of nitrogens with zero attached hydrogens (tertiary/aromatic N) is 1. The first-order valence-corrected chi connectivity index (χ1v) is 7.77. The van der Waals surface area contributed by atoms with Gasteiger partial charge in [-0.2, -0.15) is 0 Å². The van der Waals surface area contributed by atoms with Crippen LogP contribution in [0.4, 0.5) is 0 Å². The summed E-state index contributed by atoms with van der Waals surface area (Å²) in [6.45, 7) is 6.60. The van der Waals surface area contributed by atoms with Crippen molar-refractivity contribution in [3.05, 3.63) is 57.8 Å². The van der Waals surface area contributed by atoms with E-state index in [4.69, 9.17) is 0 Å². The molecule has 0 amide bonds. The molecule has 3 heteroatoms. The van der Waals surface area contributed by atoms with Crippen molar-refractivity contribution in [3.8, 4) is 0 Å². The largest absolute Gasteiger partial charge is 0.314 e. The summed E-state index contributed by atoms with van der Waals surface area (Å²) >= 11 is 1.86. The van der Waals surface area contributed by atoms with E-state index in [9.17, 15) is 0 Å². The van der Waals surface area contributed by atoms with Crippen molar-refractivity contribution in [2.24, 2.45) is 0 Å². The molecule has 1 aromatic heterocycles. The van der Waals surface area contributed by atoms with Gasteiger partial charge >= 0.3 is 0 Å². The summed E-state index contributed by atoms with van der Waals surface area (Å²) in [5, 5.41) is 5.62. The molecule has 0 bridgehead atoms. The Morgan fingerprint density at radius 3 is 2.68 bits per heavy atom. The fraction of sp³-hybridized carbons (Fsp3) is 0.375. The monoisotopic (exact) mass is 272 g/mol. The molecule has 1 aromatic carbocycles. The molecule has 0 aliphatic carbocycles. The normalized spacial score (nSPS) is 18.4. The van der Waals surface area contributed by atoms with Crippen LogP contribution in [0.25, 0.3) is 0 Å². The van der Waals surface area contributed by atoms with Crippen LogP contribution in [0, 0.1) is 6.92 Å². The number of nitrogens with one attached hydrogen (secondary N) is 1. The van der Waals surface area contributed by atoms with Gasteiger partial charge < -0.3 is 5.32 Å². The Balaban J connectivity index is 1.96. The summed E-state index contributed by atoms with van der Waals surface area (Å²) < 4.78 is 0. The molecular weight excluding hydrogens is 252 g/mol. The highest BCUT2D eigenvalue weighted by Crippen LogP contribution is 2.32. The summed E-state index contributed by atoms with van der Waals surface area (Å²) in [6.07, 6.45) is 0. The first kappa shape index (κ1) is 12.9. The third-order valence-electron chi connectivity index (χ3n) is 3.69. The first-order valence-electron chi connectivity index (χ1n) is 6.89. The summed E-state index contributed by atoms with van der Waals surface area (Å²) in [4.78, 5) is 4.05. The van der Waals surface area contributed by atoms with E-state index in [1.165, 1.54) is 16.0 Å². The Morgan fingerprint density at radius 2 is 2.00 bits per heavy atom. The second-order valence-corrected chi connectivity index (χ2v) is 6.10. The molecule has 0 saturated carbocycles. The molecule has 19 heavy (non-hydrogen) atoms. The van der Waals surface area contributed by atoms with Crippen molar-refractivity contribution in [2.75, 3.05) is 26.2 Å². The number of benzene rings is 1. The van der Waals surface area contributed by atoms with Gasteiger partial charge in [-0.1, -0.05) is 35.9 Å². The molecule has 2 heterocycles. The predicted octanol–water partition coefficient (Wildman–Crippen LogP) is 3.05. The van der Waals surface area contributed by atoms with Crippen LogP contribution < -0.4 is 5.32 Å². The van der Waals surface area contributed by atoms with Crippen LogP contribution in [0.2, 0.25) is 0 Å². The maximum absolute atomic E-state index is 3.44. The van der Waals surface area contributed by atoms with Gasteiger partial charge in [-0.05, 0) is 23.9 Å². The topological polar surface area (TPSA) is 15.3 Å². The lowest BCUT2D eigenvalue weighted by atomic mass is 10.0. The molecule has 1 aliphatic heterocycles. The number of aryl methyl sites for hydroxylation is 1. The van der Waals surface area contributed by atoms with E-state index in [2.05, 4.69) is 58.9 Å². The third kappa shape index (κ3) is 2.89. The second kappa shape index (κ2) is 5.87. The van der Waals surface area contributed by atoms with E-state index in [1.54, 1.807) is 0 Å². The molecule has 3 rings (SSSR count). The molecule has 1 fully saturated rings. The van der Waals surface area contributed by atoms with E-state index in [0.717, 1.165) is 26.2 Å². The Kier molecular flexibility index (Phi) is 3.97. The summed E-state index contributed by atoms with van der Waals surface area (Å²) in [6, 6.07) is 13.8. The smallest absolute Gasteiger partial charge is 0.0697 e. The van der Waals surface area contributed by atoms with Gasteiger partial charge in [0.1, 0.15) is 0 Å². The van der Waals surface area contributed by atoms with Crippen molar-refractivity contribution in [3.63, 3.8) is 0 Å². The lowest BCUT2D eigenvalue weighted by Crippen LogP contribution is -2.45. The predicted molar refractivity (Wildman–Crippen MR) is 81.8 cm³/mol. The molecular formula is C16H20N2S. The molecule has 0 radical (unpaired) electrons. The second-order valence-electron chi connectivity index (χ2n) is 5.12. The summed E-state index contributed by atoms with van der Waals surface area (Å²) in [5.74, 6) is 0. The van der Waals surface area contributed by atoms with Crippen molar-refractivity contribution in [1.29, 1.82) is 0 Å². The Labute approximate surface area is 119 Å². The lowest BCUT2D eigenvalue weighted by molar-refractivity contribution is 0.200. The van der Waals surface area contributed by atoms with E-state index in [1.807, 2.05) is 11.3 Å². The molecule has 100 valence electrons. The molecule has 0 unspecified atom stereocenters. The number of piperazine rings is 1. The summed E-state index contributed by atoms with van der Waals surface area (Å²) in [5.41, 5.74) is 2.76. The minimum atomic E-state index is 0.419. The average molecular weight is 272 g/mol. The average Bonchev–Trinajstić information content (AvgIpc) is 2.94. The highest BCUT2D eigenvalue weighted by atomic mass is 32.1. The molecule has 1 atom stereocenters. The van der Waals surface area contributed by atoms with E-state index >= 15 is 0 Å². The van der Waals surface area contributed by atoms with Crippen LogP contribution in [0.15, 0.2) is 41.8 Å². The van der Waals surface area contributed by atoms with Gasteiger partial charge in [-0.3, -0.25) is 4.90 Å². The van der Waals surface area contributed by atoms with Crippen molar-refractivity contribution in [1.82, 2.24) is 10.2 Å². The lowest BCUT2D eigenvalue weighted by Gasteiger charge is -2.34. The Hall–Kier alpha value is -1.16. The summed E-state index contributed by atoms with van der Waals surface area (Å²) in [7, 11) is 0.